The molecule has 1 aliphatic carbocycles. The van der Waals surface area contributed by atoms with E-state index in [1.165, 1.54) is 44.5 Å². The average Bonchev–Trinajstić information content (AvgIpc) is 2.90. The Morgan fingerprint density at radius 2 is 2.00 bits per heavy atom. The van der Waals surface area contributed by atoms with E-state index in [9.17, 15) is 0 Å². The van der Waals surface area contributed by atoms with Crippen LogP contribution in [0, 0.1) is 0 Å². The Labute approximate surface area is 104 Å². The second kappa shape index (κ2) is 4.13. The summed E-state index contributed by atoms with van der Waals surface area (Å²) < 4.78 is 2.25. The van der Waals surface area contributed by atoms with Crippen LogP contribution >= 0.6 is 0 Å². The topological polar surface area (TPSA) is 29.9 Å². The first kappa shape index (κ1) is 11.3. The number of nitrogens with zero attached hydrogens (tertiary/aromatic N) is 2. The number of hydrogen-bond donors (Lipinski definition) is 1. The van der Waals surface area contributed by atoms with Gasteiger partial charge in [0.25, 0.3) is 0 Å². The summed E-state index contributed by atoms with van der Waals surface area (Å²) in [6.45, 7) is 7.84. The van der Waals surface area contributed by atoms with Crippen molar-refractivity contribution < 1.29 is 0 Å². The molecule has 0 unspecified atom stereocenters. The van der Waals surface area contributed by atoms with Gasteiger partial charge in [-0.15, -0.1) is 0 Å². The number of aryl methyl sites for hydroxylation is 2. The van der Waals surface area contributed by atoms with Crippen molar-refractivity contribution in [2.24, 2.45) is 0 Å². The van der Waals surface area contributed by atoms with Gasteiger partial charge in [0.1, 0.15) is 0 Å². The minimum Gasteiger partial charge on any atom is -0.317 e. The monoisotopic (exact) mass is 233 g/mol. The van der Waals surface area contributed by atoms with Crippen molar-refractivity contribution in [2.75, 3.05) is 13.1 Å². The highest BCUT2D eigenvalue weighted by Crippen LogP contribution is 2.46. The molecule has 1 aliphatic heterocycles. The lowest BCUT2D eigenvalue weighted by Crippen LogP contribution is -2.38. The van der Waals surface area contributed by atoms with Gasteiger partial charge in [0, 0.05) is 23.2 Å². The Morgan fingerprint density at radius 1 is 1.24 bits per heavy atom. The molecule has 0 aromatic carbocycles. The fourth-order valence-corrected chi connectivity index (χ4v) is 3.81. The highest BCUT2D eigenvalue weighted by molar-refractivity contribution is 5.40. The first-order valence-corrected chi connectivity index (χ1v) is 7.10. The van der Waals surface area contributed by atoms with Gasteiger partial charge in [0.2, 0.25) is 0 Å². The van der Waals surface area contributed by atoms with Crippen LogP contribution in [0.3, 0.4) is 0 Å². The Morgan fingerprint density at radius 3 is 2.65 bits per heavy atom. The van der Waals surface area contributed by atoms with Crippen LogP contribution in [0.5, 0.6) is 0 Å². The molecule has 1 spiro atoms. The number of nitrogens with one attached hydrogen (secondary N) is 1. The Kier molecular flexibility index (Phi) is 2.74. The van der Waals surface area contributed by atoms with Gasteiger partial charge in [-0.05, 0) is 52.1 Å². The predicted octanol–water partition coefficient (Wildman–Crippen LogP) is 2.03. The highest BCUT2D eigenvalue weighted by atomic mass is 15.3. The van der Waals surface area contributed by atoms with E-state index >= 15 is 0 Å². The van der Waals surface area contributed by atoms with Gasteiger partial charge < -0.3 is 5.32 Å². The number of rotatable bonds is 2. The SMILES string of the molecule is CCc1nn(CC)c2c1C1(CCNCC1)CC2. The zero-order valence-electron chi connectivity index (χ0n) is 11.1. The van der Waals surface area contributed by atoms with E-state index in [2.05, 4.69) is 23.8 Å². The van der Waals surface area contributed by atoms with Gasteiger partial charge in [0.05, 0.1) is 5.69 Å². The largest absolute Gasteiger partial charge is 0.317 e. The molecule has 1 aromatic heterocycles. The first-order valence-electron chi connectivity index (χ1n) is 7.10. The van der Waals surface area contributed by atoms with Gasteiger partial charge >= 0.3 is 0 Å². The molecule has 3 rings (SSSR count). The third kappa shape index (κ3) is 1.55. The number of piperidine rings is 1. The molecule has 1 fully saturated rings. The molecule has 1 N–H and O–H groups in total. The molecule has 1 saturated heterocycles. The fourth-order valence-electron chi connectivity index (χ4n) is 3.81. The van der Waals surface area contributed by atoms with Crippen molar-refractivity contribution in [2.45, 2.75) is 57.9 Å². The van der Waals surface area contributed by atoms with Crippen molar-refractivity contribution in [1.29, 1.82) is 0 Å². The summed E-state index contributed by atoms with van der Waals surface area (Å²) >= 11 is 0. The van der Waals surface area contributed by atoms with Crippen LogP contribution < -0.4 is 5.32 Å². The third-order valence-electron chi connectivity index (χ3n) is 4.70. The normalized spacial score (nSPS) is 22.0. The van der Waals surface area contributed by atoms with Gasteiger partial charge in [-0.1, -0.05) is 6.92 Å². The van der Waals surface area contributed by atoms with Crippen LogP contribution in [0.1, 0.15) is 50.1 Å². The average molecular weight is 233 g/mol. The van der Waals surface area contributed by atoms with Crippen molar-refractivity contribution in [3.63, 3.8) is 0 Å². The summed E-state index contributed by atoms with van der Waals surface area (Å²) in [6.07, 6.45) is 6.31. The van der Waals surface area contributed by atoms with E-state index in [-0.39, 0.29) is 0 Å². The Bertz CT molecular complexity index is 413. The van der Waals surface area contributed by atoms with Crippen LogP contribution in [-0.2, 0) is 24.8 Å². The molecule has 94 valence electrons. The van der Waals surface area contributed by atoms with E-state index in [1.54, 1.807) is 11.3 Å². The lowest BCUT2D eigenvalue weighted by atomic mass is 9.74. The third-order valence-corrected chi connectivity index (χ3v) is 4.70. The molecule has 0 bridgehead atoms. The fraction of sp³-hybridized carbons (Fsp3) is 0.786. The Balaban J connectivity index is 2.07. The summed E-state index contributed by atoms with van der Waals surface area (Å²) in [6, 6.07) is 0. The zero-order valence-corrected chi connectivity index (χ0v) is 11.1. The van der Waals surface area contributed by atoms with Gasteiger partial charge in [-0.2, -0.15) is 5.10 Å². The zero-order chi connectivity index (χ0) is 11.9. The molecule has 0 saturated carbocycles. The van der Waals surface area contributed by atoms with Crippen LogP contribution in [0.15, 0.2) is 0 Å². The molecule has 17 heavy (non-hydrogen) atoms. The van der Waals surface area contributed by atoms with E-state index < -0.39 is 0 Å². The maximum atomic E-state index is 4.81. The van der Waals surface area contributed by atoms with Crippen LogP contribution in [0.25, 0.3) is 0 Å². The molecular weight excluding hydrogens is 210 g/mol. The van der Waals surface area contributed by atoms with Crippen LogP contribution in [0.4, 0.5) is 0 Å². The van der Waals surface area contributed by atoms with Crippen LogP contribution in [0.2, 0.25) is 0 Å². The van der Waals surface area contributed by atoms with Gasteiger partial charge in [-0.3, -0.25) is 4.68 Å². The molecular formula is C14H23N3. The highest BCUT2D eigenvalue weighted by Gasteiger charge is 2.43. The summed E-state index contributed by atoms with van der Waals surface area (Å²) in [5.41, 5.74) is 5.04. The van der Waals surface area contributed by atoms with Crippen molar-refractivity contribution in [1.82, 2.24) is 15.1 Å². The van der Waals surface area contributed by atoms with Gasteiger partial charge in [-0.25, -0.2) is 0 Å². The molecule has 0 radical (unpaired) electrons. The number of fused-ring (bicyclic) bond motifs is 2. The summed E-state index contributed by atoms with van der Waals surface area (Å²) in [5.74, 6) is 0. The minimum atomic E-state index is 0.472. The summed E-state index contributed by atoms with van der Waals surface area (Å²) in [7, 11) is 0. The van der Waals surface area contributed by atoms with E-state index in [0.717, 1.165) is 13.0 Å². The lowest BCUT2D eigenvalue weighted by Gasteiger charge is -2.34. The Hall–Kier alpha value is -0.830. The second-order valence-electron chi connectivity index (χ2n) is 5.47. The molecule has 3 nitrogen and oxygen atoms in total. The molecule has 1 aromatic rings. The second-order valence-corrected chi connectivity index (χ2v) is 5.47. The minimum absolute atomic E-state index is 0.472. The van der Waals surface area contributed by atoms with E-state index in [0.29, 0.717) is 5.41 Å². The maximum Gasteiger partial charge on any atom is 0.0662 e. The first-order chi connectivity index (χ1) is 8.30. The van der Waals surface area contributed by atoms with Crippen molar-refractivity contribution in [3.05, 3.63) is 17.0 Å². The lowest BCUT2D eigenvalue weighted by molar-refractivity contribution is 0.304. The number of hydrogen-bond acceptors (Lipinski definition) is 2. The van der Waals surface area contributed by atoms with E-state index in [4.69, 9.17) is 5.10 Å². The van der Waals surface area contributed by atoms with Crippen molar-refractivity contribution >= 4 is 0 Å². The summed E-state index contributed by atoms with van der Waals surface area (Å²) in [5, 5.41) is 8.31. The predicted molar refractivity (Wildman–Crippen MR) is 69.4 cm³/mol. The standard InChI is InChI=1S/C14H23N3/c1-3-11-13-12(17(4-2)16-11)5-6-14(13)7-9-15-10-8-14/h15H,3-10H2,1-2H3. The smallest absolute Gasteiger partial charge is 0.0662 e. The molecule has 2 aliphatic rings. The molecule has 0 amide bonds. The quantitative estimate of drug-likeness (QED) is 0.847. The maximum absolute atomic E-state index is 4.81. The van der Waals surface area contributed by atoms with Gasteiger partial charge in [0.15, 0.2) is 0 Å². The van der Waals surface area contributed by atoms with E-state index in [1.807, 2.05) is 0 Å². The summed E-state index contributed by atoms with van der Waals surface area (Å²) in [4.78, 5) is 0. The number of aromatic nitrogens is 2. The van der Waals surface area contributed by atoms with Crippen LogP contribution in [-0.4, -0.2) is 22.9 Å². The molecule has 2 heterocycles. The van der Waals surface area contributed by atoms with Crippen molar-refractivity contribution in [3.8, 4) is 0 Å². The molecule has 0 atom stereocenters. The molecule has 3 heteroatoms.